The zero-order valence-electron chi connectivity index (χ0n) is 12.2. The van der Waals surface area contributed by atoms with E-state index in [1.165, 1.54) is 5.56 Å². The molecule has 18 heavy (non-hydrogen) atoms. The van der Waals surface area contributed by atoms with Crippen molar-refractivity contribution < 1.29 is 4.74 Å². The predicted octanol–water partition coefficient (Wildman–Crippen LogP) is 3.75. The Morgan fingerprint density at radius 2 is 1.94 bits per heavy atom. The Hall–Kier alpha value is -0.730. The first-order chi connectivity index (χ1) is 8.42. The van der Waals surface area contributed by atoms with Crippen LogP contribution in [0.2, 0.25) is 5.02 Å². The zero-order chi connectivity index (χ0) is 13.9. The summed E-state index contributed by atoms with van der Waals surface area (Å²) in [6, 6.07) is 2.45. The molecule has 0 aliphatic heterocycles. The van der Waals surface area contributed by atoms with Crippen LogP contribution < -0.4 is 10.1 Å². The summed E-state index contributed by atoms with van der Waals surface area (Å²) in [5.74, 6) is 1.51. The second kappa shape index (κ2) is 6.44. The van der Waals surface area contributed by atoms with E-state index in [1.807, 2.05) is 20.0 Å². The molecular formula is C15H24ClNO. The van der Waals surface area contributed by atoms with E-state index < -0.39 is 0 Å². The van der Waals surface area contributed by atoms with E-state index in [0.29, 0.717) is 12.0 Å². The third kappa shape index (κ3) is 3.18. The van der Waals surface area contributed by atoms with E-state index in [-0.39, 0.29) is 0 Å². The van der Waals surface area contributed by atoms with Gasteiger partial charge in [-0.05, 0) is 50.4 Å². The molecule has 1 aromatic carbocycles. The third-order valence-corrected chi connectivity index (χ3v) is 4.17. The van der Waals surface area contributed by atoms with Gasteiger partial charge in [-0.1, -0.05) is 25.4 Å². The van der Waals surface area contributed by atoms with Gasteiger partial charge in [0.25, 0.3) is 0 Å². The second-order valence-electron chi connectivity index (χ2n) is 5.16. The fraction of sp³-hybridized carbons (Fsp3) is 0.600. The summed E-state index contributed by atoms with van der Waals surface area (Å²) in [7, 11) is 3.72. The monoisotopic (exact) mass is 269 g/mol. The minimum absolute atomic E-state index is 0.427. The standard InChI is InChI=1S/C15H24ClNO/c1-9(2)13(17-5)8-12-11(4)15(16)10(3)7-14(12)18-6/h7,9,13,17H,8H2,1-6H3. The molecule has 0 bridgehead atoms. The molecule has 1 N–H and O–H groups in total. The summed E-state index contributed by atoms with van der Waals surface area (Å²) in [6.45, 7) is 8.53. The van der Waals surface area contributed by atoms with Gasteiger partial charge in [-0.25, -0.2) is 0 Å². The number of nitrogens with one attached hydrogen (secondary N) is 1. The van der Waals surface area contributed by atoms with Crippen molar-refractivity contribution in [1.29, 1.82) is 0 Å². The zero-order valence-corrected chi connectivity index (χ0v) is 13.0. The number of aryl methyl sites for hydroxylation is 1. The first kappa shape index (κ1) is 15.3. The Morgan fingerprint density at radius 3 is 2.39 bits per heavy atom. The smallest absolute Gasteiger partial charge is 0.122 e. The van der Waals surface area contributed by atoms with Gasteiger partial charge < -0.3 is 10.1 Å². The summed E-state index contributed by atoms with van der Waals surface area (Å²) in [5, 5.41) is 4.22. The van der Waals surface area contributed by atoms with Crippen molar-refractivity contribution in [2.24, 2.45) is 5.92 Å². The maximum Gasteiger partial charge on any atom is 0.122 e. The van der Waals surface area contributed by atoms with E-state index in [2.05, 4.69) is 26.1 Å². The summed E-state index contributed by atoms with van der Waals surface area (Å²) >= 11 is 6.34. The van der Waals surface area contributed by atoms with Crippen molar-refractivity contribution in [3.63, 3.8) is 0 Å². The van der Waals surface area contributed by atoms with Gasteiger partial charge in [-0.15, -0.1) is 0 Å². The van der Waals surface area contributed by atoms with Gasteiger partial charge in [0.05, 0.1) is 7.11 Å². The Balaban J connectivity index is 3.18. The quantitative estimate of drug-likeness (QED) is 0.879. The highest BCUT2D eigenvalue weighted by molar-refractivity contribution is 6.32. The molecule has 2 nitrogen and oxygen atoms in total. The fourth-order valence-electron chi connectivity index (χ4n) is 2.29. The molecule has 3 heteroatoms. The van der Waals surface area contributed by atoms with Crippen molar-refractivity contribution in [1.82, 2.24) is 5.32 Å². The van der Waals surface area contributed by atoms with Crippen LogP contribution in [0.4, 0.5) is 0 Å². The van der Waals surface area contributed by atoms with Gasteiger partial charge in [0.15, 0.2) is 0 Å². The molecule has 102 valence electrons. The summed E-state index contributed by atoms with van der Waals surface area (Å²) in [5.41, 5.74) is 3.41. The summed E-state index contributed by atoms with van der Waals surface area (Å²) in [6.07, 6.45) is 0.934. The van der Waals surface area contributed by atoms with Gasteiger partial charge in [-0.2, -0.15) is 0 Å². The number of hydrogen-bond acceptors (Lipinski definition) is 2. The molecule has 0 aliphatic carbocycles. The van der Waals surface area contributed by atoms with Crippen LogP contribution in [-0.2, 0) is 6.42 Å². The first-order valence-corrected chi connectivity index (χ1v) is 6.80. The van der Waals surface area contributed by atoms with Crippen molar-refractivity contribution in [3.8, 4) is 5.75 Å². The number of rotatable bonds is 5. The lowest BCUT2D eigenvalue weighted by Crippen LogP contribution is -2.33. The molecule has 1 unspecified atom stereocenters. The third-order valence-electron chi connectivity index (χ3n) is 3.59. The molecule has 0 aromatic heterocycles. The number of ether oxygens (including phenoxy) is 1. The van der Waals surface area contributed by atoms with Crippen molar-refractivity contribution in [2.75, 3.05) is 14.2 Å². The van der Waals surface area contributed by atoms with Crippen molar-refractivity contribution in [3.05, 3.63) is 27.8 Å². The van der Waals surface area contributed by atoms with Gasteiger partial charge in [0, 0.05) is 16.6 Å². The van der Waals surface area contributed by atoms with Crippen LogP contribution in [0.25, 0.3) is 0 Å². The molecule has 1 rings (SSSR count). The molecule has 0 aliphatic rings. The Labute approximate surface area is 116 Å². The van der Waals surface area contributed by atoms with Crippen molar-refractivity contribution in [2.45, 2.75) is 40.2 Å². The number of benzene rings is 1. The minimum Gasteiger partial charge on any atom is -0.496 e. The number of likely N-dealkylation sites (N-methyl/N-ethyl adjacent to an activating group) is 1. The molecule has 0 saturated carbocycles. The SMILES string of the molecule is CNC(Cc1c(OC)cc(C)c(Cl)c1C)C(C)C. The van der Waals surface area contributed by atoms with Gasteiger partial charge >= 0.3 is 0 Å². The fourth-order valence-corrected chi connectivity index (χ4v) is 2.46. The topological polar surface area (TPSA) is 21.3 Å². The van der Waals surface area contributed by atoms with E-state index in [1.54, 1.807) is 7.11 Å². The second-order valence-corrected chi connectivity index (χ2v) is 5.53. The van der Waals surface area contributed by atoms with Crippen LogP contribution in [0.15, 0.2) is 6.07 Å². The van der Waals surface area contributed by atoms with E-state index in [0.717, 1.165) is 28.3 Å². The van der Waals surface area contributed by atoms with E-state index in [4.69, 9.17) is 16.3 Å². The molecule has 0 spiro atoms. The van der Waals surface area contributed by atoms with Crippen LogP contribution in [-0.4, -0.2) is 20.2 Å². The van der Waals surface area contributed by atoms with E-state index >= 15 is 0 Å². The number of methoxy groups -OCH3 is 1. The van der Waals surface area contributed by atoms with Crippen LogP contribution in [0.1, 0.15) is 30.5 Å². The maximum absolute atomic E-state index is 6.34. The highest BCUT2D eigenvalue weighted by atomic mass is 35.5. The van der Waals surface area contributed by atoms with Crippen LogP contribution in [0, 0.1) is 19.8 Å². The molecule has 1 aromatic rings. The molecule has 0 fully saturated rings. The van der Waals surface area contributed by atoms with Crippen LogP contribution >= 0.6 is 11.6 Å². The normalized spacial score (nSPS) is 12.9. The molecule has 0 saturated heterocycles. The van der Waals surface area contributed by atoms with Gasteiger partial charge in [-0.3, -0.25) is 0 Å². The number of hydrogen-bond donors (Lipinski definition) is 1. The van der Waals surface area contributed by atoms with Gasteiger partial charge in [0.2, 0.25) is 0 Å². The Morgan fingerprint density at radius 1 is 1.33 bits per heavy atom. The lowest BCUT2D eigenvalue weighted by Gasteiger charge is -2.23. The largest absolute Gasteiger partial charge is 0.496 e. The average Bonchev–Trinajstić information content (AvgIpc) is 2.34. The lowest BCUT2D eigenvalue weighted by atomic mass is 9.92. The Bertz CT molecular complexity index is 415. The lowest BCUT2D eigenvalue weighted by molar-refractivity contribution is 0.390. The first-order valence-electron chi connectivity index (χ1n) is 6.42. The average molecular weight is 270 g/mol. The van der Waals surface area contributed by atoms with E-state index in [9.17, 15) is 0 Å². The van der Waals surface area contributed by atoms with Crippen LogP contribution in [0.5, 0.6) is 5.75 Å². The van der Waals surface area contributed by atoms with Crippen molar-refractivity contribution >= 4 is 11.6 Å². The minimum atomic E-state index is 0.427. The molecule has 0 heterocycles. The highest BCUT2D eigenvalue weighted by Gasteiger charge is 2.18. The summed E-state index contributed by atoms with van der Waals surface area (Å²) < 4.78 is 5.50. The summed E-state index contributed by atoms with van der Waals surface area (Å²) in [4.78, 5) is 0. The number of halogens is 1. The predicted molar refractivity (Wildman–Crippen MR) is 78.9 cm³/mol. The molecule has 0 amide bonds. The molecule has 1 atom stereocenters. The molecular weight excluding hydrogens is 246 g/mol. The van der Waals surface area contributed by atoms with Gasteiger partial charge in [0.1, 0.15) is 5.75 Å². The van der Waals surface area contributed by atoms with Crippen LogP contribution in [0.3, 0.4) is 0 Å². The molecule has 0 radical (unpaired) electrons. The Kier molecular flexibility index (Phi) is 5.48. The highest BCUT2D eigenvalue weighted by Crippen LogP contribution is 2.32. The maximum atomic E-state index is 6.34.